The second-order valence-corrected chi connectivity index (χ2v) is 5.43. The smallest absolute Gasteiger partial charge is 0.232 e. The van der Waals surface area contributed by atoms with E-state index in [0.29, 0.717) is 0 Å². The third-order valence-electron chi connectivity index (χ3n) is 3.86. The number of hydrogen-bond acceptors (Lipinski definition) is 5. The van der Waals surface area contributed by atoms with Crippen LogP contribution in [0.4, 0.5) is 0 Å². The lowest BCUT2D eigenvalue weighted by Crippen LogP contribution is -1.99. The molecule has 118 valence electrons. The van der Waals surface area contributed by atoms with Gasteiger partial charge in [0.2, 0.25) is 11.5 Å². The Kier molecular flexibility index (Phi) is 3.48. The number of fused-ring (bicyclic) bond motifs is 1. The van der Waals surface area contributed by atoms with Crippen LogP contribution >= 0.6 is 0 Å². The lowest BCUT2D eigenvalue weighted by molar-refractivity contribution is 0.101. The van der Waals surface area contributed by atoms with Crippen molar-refractivity contribution in [3.8, 4) is 23.0 Å². The maximum absolute atomic E-state index is 12.4. The zero-order valence-corrected chi connectivity index (χ0v) is 13.0. The second-order valence-electron chi connectivity index (χ2n) is 5.43. The Bertz CT molecular complexity index is 849. The number of phenols is 2. The van der Waals surface area contributed by atoms with Crippen molar-refractivity contribution in [2.45, 2.75) is 13.8 Å². The van der Waals surface area contributed by atoms with Crippen molar-refractivity contribution in [1.82, 2.24) is 0 Å². The molecule has 0 amide bonds. The van der Waals surface area contributed by atoms with Gasteiger partial charge in [-0.3, -0.25) is 4.79 Å². The van der Waals surface area contributed by atoms with Crippen LogP contribution in [0.15, 0.2) is 30.0 Å². The minimum atomic E-state index is -0.429. The summed E-state index contributed by atoms with van der Waals surface area (Å²) in [5.74, 6) is -0.216. The van der Waals surface area contributed by atoms with Crippen LogP contribution in [0.3, 0.4) is 0 Å². The summed E-state index contributed by atoms with van der Waals surface area (Å²) in [6.07, 6.45) is 1.63. The summed E-state index contributed by atoms with van der Waals surface area (Å²) in [5.41, 5.74) is 2.92. The maximum Gasteiger partial charge on any atom is 0.232 e. The molecule has 0 saturated heterocycles. The molecule has 0 saturated carbocycles. The fourth-order valence-electron chi connectivity index (χ4n) is 2.56. The van der Waals surface area contributed by atoms with Gasteiger partial charge in [0.05, 0.1) is 12.7 Å². The number of Topliss-reactive ketones (excluding diaryl/α,β-unsaturated/α-hetero) is 1. The molecule has 3 rings (SSSR count). The number of benzene rings is 2. The van der Waals surface area contributed by atoms with Gasteiger partial charge >= 0.3 is 0 Å². The molecule has 0 atom stereocenters. The van der Waals surface area contributed by atoms with Gasteiger partial charge in [-0.25, -0.2) is 0 Å². The topological polar surface area (TPSA) is 76.0 Å². The molecule has 0 fully saturated rings. The van der Waals surface area contributed by atoms with Crippen molar-refractivity contribution in [3.05, 3.63) is 52.3 Å². The van der Waals surface area contributed by atoms with Crippen LogP contribution in [0.5, 0.6) is 23.0 Å². The molecule has 2 N–H and O–H groups in total. The van der Waals surface area contributed by atoms with Gasteiger partial charge in [0, 0.05) is 0 Å². The van der Waals surface area contributed by atoms with Crippen LogP contribution in [0.1, 0.15) is 27.0 Å². The average molecular weight is 312 g/mol. The molecular weight excluding hydrogens is 296 g/mol. The quantitative estimate of drug-likeness (QED) is 0.657. The van der Waals surface area contributed by atoms with Gasteiger partial charge in [-0.05, 0) is 60.9 Å². The van der Waals surface area contributed by atoms with Crippen molar-refractivity contribution in [2.75, 3.05) is 7.11 Å². The molecule has 0 unspecified atom stereocenters. The molecule has 5 nitrogen and oxygen atoms in total. The molecule has 0 aliphatic carbocycles. The van der Waals surface area contributed by atoms with E-state index < -0.39 is 5.75 Å². The first-order valence-corrected chi connectivity index (χ1v) is 7.06. The van der Waals surface area contributed by atoms with E-state index in [1.807, 2.05) is 26.0 Å². The van der Waals surface area contributed by atoms with Crippen molar-refractivity contribution >= 4 is 11.9 Å². The summed E-state index contributed by atoms with van der Waals surface area (Å²) in [6.45, 7) is 3.82. The lowest BCUT2D eigenvalue weighted by Gasteiger charge is -2.09. The normalized spacial score (nSPS) is 14.7. The van der Waals surface area contributed by atoms with Crippen LogP contribution < -0.4 is 9.47 Å². The monoisotopic (exact) mass is 312 g/mol. The van der Waals surface area contributed by atoms with E-state index in [2.05, 4.69) is 0 Å². The number of carbonyl (C=O) groups excluding carboxylic acids is 1. The van der Waals surface area contributed by atoms with Gasteiger partial charge in [0.25, 0.3) is 0 Å². The van der Waals surface area contributed by atoms with Crippen LogP contribution in [0, 0.1) is 13.8 Å². The second kappa shape index (κ2) is 5.35. The highest BCUT2D eigenvalue weighted by molar-refractivity contribution is 6.15. The lowest BCUT2D eigenvalue weighted by atomic mass is 10.0. The molecule has 0 aromatic heterocycles. The number of methoxy groups -OCH3 is 1. The molecule has 1 heterocycles. The fourth-order valence-corrected chi connectivity index (χ4v) is 2.56. The highest BCUT2D eigenvalue weighted by Gasteiger charge is 2.31. The minimum absolute atomic E-state index is 0.0101. The van der Waals surface area contributed by atoms with Gasteiger partial charge in [-0.2, -0.15) is 0 Å². The number of phenolic OH excluding ortho intramolecular Hbond substituents is 2. The molecule has 5 heteroatoms. The van der Waals surface area contributed by atoms with Gasteiger partial charge in [-0.15, -0.1) is 0 Å². The SMILES string of the molecule is COc1cc(C)c(C=C2Oc3c(ccc(O)c3O)C2=O)cc1C. The minimum Gasteiger partial charge on any atom is -0.504 e. The largest absolute Gasteiger partial charge is 0.504 e. The van der Waals surface area contributed by atoms with Gasteiger partial charge in [0.15, 0.2) is 17.3 Å². The molecule has 23 heavy (non-hydrogen) atoms. The van der Waals surface area contributed by atoms with Crippen LogP contribution in [-0.2, 0) is 0 Å². The number of carbonyl (C=O) groups is 1. The number of rotatable bonds is 2. The van der Waals surface area contributed by atoms with E-state index >= 15 is 0 Å². The van der Waals surface area contributed by atoms with Crippen LogP contribution in [0.2, 0.25) is 0 Å². The van der Waals surface area contributed by atoms with E-state index in [1.54, 1.807) is 13.2 Å². The number of ether oxygens (including phenoxy) is 2. The fraction of sp³-hybridized carbons (Fsp3) is 0.167. The number of aromatic hydroxyl groups is 2. The Hall–Kier alpha value is -2.95. The molecule has 0 spiro atoms. The Morgan fingerprint density at radius 1 is 1.13 bits per heavy atom. The highest BCUT2D eigenvalue weighted by Crippen LogP contribution is 2.44. The van der Waals surface area contributed by atoms with E-state index in [1.165, 1.54) is 12.1 Å². The Balaban J connectivity index is 2.05. The standard InChI is InChI=1S/C18H16O5/c1-9-7-14(22-3)10(2)6-11(9)8-15-16(20)12-4-5-13(19)17(21)18(12)23-15/h4-8,19,21H,1-3H3. The Morgan fingerprint density at radius 2 is 1.87 bits per heavy atom. The van der Waals surface area contributed by atoms with Gasteiger partial charge in [0.1, 0.15) is 5.75 Å². The molecule has 1 aliphatic rings. The molecule has 0 radical (unpaired) electrons. The molecular formula is C18H16O5. The zero-order chi connectivity index (χ0) is 16.7. The van der Waals surface area contributed by atoms with Crippen molar-refractivity contribution < 1.29 is 24.5 Å². The summed E-state index contributed by atoms with van der Waals surface area (Å²) in [4.78, 5) is 12.4. The molecule has 1 aliphatic heterocycles. The highest BCUT2D eigenvalue weighted by atomic mass is 16.5. The van der Waals surface area contributed by atoms with Crippen molar-refractivity contribution in [1.29, 1.82) is 0 Å². The summed E-state index contributed by atoms with van der Waals surface area (Å²) < 4.78 is 10.7. The van der Waals surface area contributed by atoms with Crippen LogP contribution in [-0.4, -0.2) is 23.1 Å². The van der Waals surface area contributed by atoms with E-state index in [9.17, 15) is 15.0 Å². The Morgan fingerprint density at radius 3 is 2.57 bits per heavy atom. The van der Waals surface area contributed by atoms with Gasteiger partial charge in [-0.1, -0.05) is 0 Å². The predicted molar refractivity (Wildman–Crippen MR) is 85.2 cm³/mol. The third-order valence-corrected chi connectivity index (χ3v) is 3.86. The predicted octanol–water partition coefficient (Wildman–Crippen LogP) is 3.34. The maximum atomic E-state index is 12.4. The molecule has 0 bridgehead atoms. The molecule has 2 aromatic rings. The van der Waals surface area contributed by atoms with Crippen molar-refractivity contribution in [2.24, 2.45) is 0 Å². The summed E-state index contributed by atoms with van der Waals surface area (Å²) >= 11 is 0. The number of aryl methyl sites for hydroxylation is 2. The first-order chi connectivity index (χ1) is 10.9. The summed E-state index contributed by atoms with van der Waals surface area (Å²) in [6, 6.07) is 6.48. The van der Waals surface area contributed by atoms with E-state index in [0.717, 1.165) is 22.4 Å². The van der Waals surface area contributed by atoms with Crippen molar-refractivity contribution in [3.63, 3.8) is 0 Å². The van der Waals surface area contributed by atoms with Gasteiger partial charge < -0.3 is 19.7 Å². The van der Waals surface area contributed by atoms with Crippen LogP contribution in [0.25, 0.3) is 6.08 Å². The van der Waals surface area contributed by atoms with E-state index in [-0.39, 0.29) is 28.6 Å². The summed E-state index contributed by atoms with van der Waals surface area (Å²) in [5, 5.41) is 19.3. The average Bonchev–Trinajstić information content (AvgIpc) is 2.84. The molecule has 2 aromatic carbocycles. The number of ketones is 1. The number of allylic oxidation sites excluding steroid dienone is 1. The third kappa shape index (κ3) is 2.40. The zero-order valence-electron chi connectivity index (χ0n) is 13.0. The Labute approximate surface area is 133 Å². The summed E-state index contributed by atoms with van der Waals surface area (Å²) in [7, 11) is 1.61. The number of hydrogen-bond donors (Lipinski definition) is 2. The first kappa shape index (κ1) is 15.0. The first-order valence-electron chi connectivity index (χ1n) is 7.06. The van der Waals surface area contributed by atoms with E-state index in [4.69, 9.17) is 9.47 Å².